The average Bonchev–Trinajstić information content (AvgIpc) is 2.61. The van der Waals surface area contributed by atoms with Gasteiger partial charge in [-0.25, -0.2) is 0 Å². The van der Waals surface area contributed by atoms with E-state index < -0.39 is 18.8 Å². The highest BCUT2D eigenvalue weighted by molar-refractivity contribution is 4.97. The summed E-state index contributed by atoms with van der Waals surface area (Å²) in [6, 6.07) is -0.461. The molecule has 0 saturated carbocycles. The molecule has 1 heterocycles. The van der Waals surface area contributed by atoms with Crippen LogP contribution in [0.5, 0.6) is 0 Å². The molecule has 0 aromatic carbocycles. The largest absolute Gasteiger partial charge is 0.411 e. The summed E-state index contributed by atoms with van der Waals surface area (Å²) >= 11 is 0. The summed E-state index contributed by atoms with van der Waals surface area (Å²) in [7, 11) is 0. The summed E-state index contributed by atoms with van der Waals surface area (Å²) in [5.74, 6) is 0.238. The molecule has 2 N–H and O–H groups in total. The van der Waals surface area contributed by atoms with Gasteiger partial charge in [-0.15, -0.1) is 0 Å². The molecule has 0 spiro atoms. The van der Waals surface area contributed by atoms with E-state index in [-0.39, 0.29) is 23.7 Å². The van der Waals surface area contributed by atoms with E-state index in [1.54, 1.807) is 0 Å². The maximum absolute atomic E-state index is 11.8. The number of nitrogens with two attached hydrogens (primary N) is 1. The molecule has 1 unspecified atom stereocenters. The lowest BCUT2D eigenvalue weighted by molar-refractivity contribution is -0.178. The summed E-state index contributed by atoms with van der Waals surface area (Å²) in [5, 5.41) is 3.63. The van der Waals surface area contributed by atoms with Gasteiger partial charge in [0.1, 0.15) is 13.2 Å². The first-order valence-electron chi connectivity index (χ1n) is 5.32. The molecule has 5 nitrogen and oxygen atoms in total. The minimum Gasteiger partial charge on any atom is -0.362 e. The zero-order valence-electron chi connectivity index (χ0n) is 10.4. The molecule has 1 atom stereocenters. The van der Waals surface area contributed by atoms with Crippen molar-refractivity contribution in [1.82, 2.24) is 10.1 Å². The lowest BCUT2D eigenvalue weighted by Gasteiger charge is -2.23. The molecule has 1 aromatic rings. The van der Waals surface area contributed by atoms with Crippen LogP contribution in [-0.4, -0.2) is 22.9 Å². The summed E-state index contributed by atoms with van der Waals surface area (Å²) in [6.45, 7) is 3.95. The summed E-state index contributed by atoms with van der Waals surface area (Å²) in [4.78, 5) is 3.90. The van der Waals surface area contributed by atoms with Crippen LogP contribution in [0.15, 0.2) is 4.52 Å². The number of halogens is 3. The first kappa shape index (κ1) is 14.9. The van der Waals surface area contributed by atoms with Crippen molar-refractivity contribution in [2.24, 2.45) is 11.1 Å². The third kappa shape index (κ3) is 4.61. The third-order valence-electron chi connectivity index (χ3n) is 2.19. The van der Waals surface area contributed by atoms with Gasteiger partial charge in [0, 0.05) is 0 Å². The van der Waals surface area contributed by atoms with Crippen molar-refractivity contribution in [1.29, 1.82) is 0 Å². The van der Waals surface area contributed by atoms with Gasteiger partial charge in [-0.2, -0.15) is 18.2 Å². The molecular weight excluding hydrogens is 251 g/mol. The number of ether oxygens (including phenoxy) is 1. The van der Waals surface area contributed by atoms with Crippen molar-refractivity contribution in [2.45, 2.75) is 39.6 Å². The number of alkyl halides is 3. The Morgan fingerprint density at radius 3 is 2.44 bits per heavy atom. The average molecular weight is 267 g/mol. The van der Waals surface area contributed by atoms with Gasteiger partial charge in [0.25, 0.3) is 5.89 Å². The second-order valence-electron chi connectivity index (χ2n) is 5.00. The summed E-state index contributed by atoms with van der Waals surface area (Å²) in [6.07, 6.45) is -4.37. The van der Waals surface area contributed by atoms with E-state index in [9.17, 15) is 13.2 Å². The van der Waals surface area contributed by atoms with E-state index in [1.165, 1.54) is 0 Å². The fraction of sp³-hybridized carbons (Fsp3) is 0.800. The first-order chi connectivity index (χ1) is 8.09. The van der Waals surface area contributed by atoms with Gasteiger partial charge in [-0.3, -0.25) is 0 Å². The maximum atomic E-state index is 11.8. The zero-order valence-corrected chi connectivity index (χ0v) is 10.4. The number of aromatic nitrogens is 2. The van der Waals surface area contributed by atoms with E-state index in [4.69, 9.17) is 10.3 Å². The normalized spacial score (nSPS) is 14.8. The van der Waals surface area contributed by atoms with Gasteiger partial charge < -0.3 is 15.0 Å². The standard InChI is InChI=1S/C10H16F3N3O2/c1-9(2,3)7(14)8-15-6(18-16-8)4-17-5-10(11,12)13/h7H,4-5,14H2,1-3H3. The Morgan fingerprint density at radius 1 is 1.33 bits per heavy atom. The van der Waals surface area contributed by atoms with E-state index in [0.717, 1.165) is 0 Å². The lowest BCUT2D eigenvalue weighted by atomic mass is 9.87. The Bertz CT molecular complexity index is 384. The lowest BCUT2D eigenvalue weighted by Crippen LogP contribution is -2.27. The van der Waals surface area contributed by atoms with Crippen molar-refractivity contribution in [3.8, 4) is 0 Å². The SMILES string of the molecule is CC(C)(C)C(N)c1noc(COCC(F)(F)F)n1. The molecule has 0 radical (unpaired) electrons. The molecule has 1 aromatic heterocycles. The third-order valence-corrected chi connectivity index (χ3v) is 2.19. The van der Waals surface area contributed by atoms with Gasteiger partial charge in [-0.1, -0.05) is 25.9 Å². The van der Waals surface area contributed by atoms with Gasteiger partial charge >= 0.3 is 6.18 Å². The molecule has 0 bridgehead atoms. The fourth-order valence-electron chi connectivity index (χ4n) is 1.09. The van der Waals surface area contributed by atoms with Gasteiger partial charge in [0.05, 0.1) is 6.04 Å². The Kier molecular flexibility index (Phi) is 4.33. The van der Waals surface area contributed by atoms with Crippen molar-refractivity contribution in [3.63, 3.8) is 0 Å². The molecular formula is C10H16F3N3O2. The Balaban J connectivity index is 2.54. The van der Waals surface area contributed by atoms with E-state index in [0.29, 0.717) is 0 Å². The number of hydrogen-bond donors (Lipinski definition) is 1. The van der Waals surface area contributed by atoms with Gasteiger partial charge in [0.2, 0.25) is 0 Å². The maximum Gasteiger partial charge on any atom is 0.411 e. The molecule has 0 amide bonds. The van der Waals surface area contributed by atoms with Crippen molar-refractivity contribution in [2.75, 3.05) is 6.61 Å². The smallest absolute Gasteiger partial charge is 0.362 e. The fourth-order valence-corrected chi connectivity index (χ4v) is 1.09. The minimum absolute atomic E-state index is 0.0195. The molecule has 104 valence electrons. The minimum atomic E-state index is -4.37. The van der Waals surface area contributed by atoms with Crippen LogP contribution in [0.2, 0.25) is 0 Å². The van der Waals surface area contributed by atoms with E-state index in [2.05, 4.69) is 14.9 Å². The van der Waals surface area contributed by atoms with Gasteiger partial charge in [0.15, 0.2) is 5.82 Å². The highest BCUT2D eigenvalue weighted by Gasteiger charge is 2.29. The number of rotatable bonds is 4. The molecule has 0 aliphatic heterocycles. The van der Waals surface area contributed by atoms with Crippen LogP contribution in [-0.2, 0) is 11.3 Å². The van der Waals surface area contributed by atoms with Crippen LogP contribution < -0.4 is 5.73 Å². The summed E-state index contributed by atoms with van der Waals surface area (Å²) < 4.78 is 44.7. The van der Waals surface area contributed by atoms with Crippen LogP contribution in [0.3, 0.4) is 0 Å². The summed E-state index contributed by atoms with van der Waals surface area (Å²) in [5.41, 5.74) is 5.61. The monoisotopic (exact) mass is 267 g/mol. The molecule has 0 fully saturated rings. The predicted molar refractivity (Wildman–Crippen MR) is 56.4 cm³/mol. The molecule has 0 aliphatic rings. The first-order valence-corrected chi connectivity index (χ1v) is 5.32. The number of nitrogens with zero attached hydrogens (tertiary/aromatic N) is 2. The molecule has 1 rings (SSSR count). The second kappa shape index (κ2) is 5.23. The van der Waals surface area contributed by atoms with E-state index >= 15 is 0 Å². The van der Waals surface area contributed by atoms with Gasteiger partial charge in [-0.05, 0) is 5.41 Å². The molecule has 0 aliphatic carbocycles. The van der Waals surface area contributed by atoms with Crippen LogP contribution in [0.1, 0.15) is 38.5 Å². The second-order valence-corrected chi connectivity index (χ2v) is 5.00. The predicted octanol–water partition coefficient (Wildman–Crippen LogP) is 2.19. The highest BCUT2D eigenvalue weighted by atomic mass is 19.4. The van der Waals surface area contributed by atoms with Crippen LogP contribution in [0, 0.1) is 5.41 Å². The van der Waals surface area contributed by atoms with Crippen molar-refractivity contribution >= 4 is 0 Å². The molecule has 8 heteroatoms. The Hall–Kier alpha value is -1.15. The van der Waals surface area contributed by atoms with Crippen molar-refractivity contribution < 1.29 is 22.4 Å². The Morgan fingerprint density at radius 2 is 1.94 bits per heavy atom. The molecule has 0 saturated heterocycles. The topological polar surface area (TPSA) is 74.2 Å². The zero-order chi connectivity index (χ0) is 14.0. The highest BCUT2D eigenvalue weighted by Crippen LogP contribution is 2.28. The van der Waals surface area contributed by atoms with Crippen LogP contribution in [0.25, 0.3) is 0 Å². The quantitative estimate of drug-likeness (QED) is 0.905. The van der Waals surface area contributed by atoms with E-state index in [1.807, 2.05) is 20.8 Å². The van der Waals surface area contributed by atoms with Crippen LogP contribution >= 0.6 is 0 Å². The Labute approximate surface area is 102 Å². The van der Waals surface area contributed by atoms with Crippen molar-refractivity contribution in [3.05, 3.63) is 11.7 Å². The molecule has 18 heavy (non-hydrogen) atoms. The number of hydrogen-bond acceptors (Lipinski definition) is 5. The van der Waals surface area contributed by atoms with Crippen LogP contribution in [0.4, 0.5) is 13.2 Å².